The first kappa shape index (κ1) is 17.1. The van der Waals surface area contributed by atoms with Gasteiger partial charge >= 0.3 is 0 Å². The van der Waals surface area contributed by atoms with Gasteiger partial charge in [0.15, 0.2) is 0 Å². The van der Waals surface area contributed by atoms with Crippen LogP contribution < -0.4 is 15.0 Å². The Hall–Kier alpha value is -1.99. The van der Waals surface area contributed by atoms with Crippen LogP contribution in [-0.4, -0.2) is 54.2 Å². The van der Waals surface area contributed by atoms with Gasteiger partial charge in [0.2, 0.25) is 5.95 Å². The summed E-state index contributed by atoms with van der Waals surface area (Å²) < 4.78 is 11.5. The zero-order valence-corrected chi connectivity index (χ0v) is 16.1. The Morgan fingerprint density at radius 3 is 2.74 bits per heavy atom. The predicted octanol–water partition coefficient (Wildman–Crippen LogP) is 2.98. The molecule has 3 aliphatic rings. The van der Waals surface area contributed by atoms with E-state index in [0.29, 0.717) is 6.04 Å². The van der Waals surface area contributed by atoms with Crippen LogP contribution in [0.15, 0.2) is 35.2 Å². The maximum atomic E-state index is 6.02. The molecule has 2 fully saturated rings. The fourth-order valence-corrected chi connectivity index (χ4v) is 4.75. The Balaban J connectivity index is 1.28. The van der Waals surface area contributed by atoms with E-state index in [0.717, 1.165) is 68.8 Å². The van der Waals surface area contributed by atoms with E-state index < -0.39 is 0 Å². The van der Waals surface area contributed by atoms with E-state index in [9.17, 15) is 0 Å². The lowest BCUT2D eigenvalue weighted by atomic mass is 10.1. The van der Waals surface area contributed by atoms with Crippen molar-refractivity contribution < 1.29 is 9.47 Å². The number of rotatable bonds is 5. The summed E-state index contributed by atoms with van der Waals surface area (Å²) in [6, 6.07) is 10.5. The van der Waals surface area contributed by atoms with Crippen LogP contribution in [0.4, 0.5) is 11.8 Å². The smallest absolute Gasteiger partial charge is 0.227 e. The van der Waals surface area contributed by atoms with Crippen LogP contribution in [0.1, 0.15) is 18.5 Å². The molecule has 0 atom stereocenters. The standard InChI is InChI=1S/C20H24N4O2S/c1-2-4-15(5-3-1)26-16-12-24(13-16)20-22-17-8-11-27-18(17)19(23-20)21-14-6-9-25-10-7-14/h1-5,14,16H,6-13H2,(H,21,22,23). The molecule has 2 aromatic rings. The van der Waals surface area contributed by atoms with Gasteiger partial charge in [-0.15, -0.1) is 11.8 Å². The van der Waals surface area contributed by atoms with Gasteiger partial charge in [0, 0.05) is 31.4 Å². The molecule has 0 saturated carbocycles. The summed E-state index contributed by atoms with van der Waals surface area (Å²) in [4.78, 5) is 13.2. The molecule has 0 radical (unpaired) electrons. The topological polar surface area (TPSA) is 59.5 Å². The second kappa shape index (κ2) is 7.56. The number of nitrogens with one attached hydrogen (secondary N) is 1. The first-order chi connectivity index (χ1) is 13.3. The molecule has 142 valence electrons. The van der Waals surface area contributed by atoms with Gasteiger partial charge in [0.25, 0.3) is 0 Å². The highest BCUT2D eigenvalue weighted by atomic mass is 32.2. The molecule has 5 rings (SSSR count). The number of aromatic nitrogens is 2. The Morgan fingerprint density at radius 1 is 1.11 bits per heavy atom. The Kier molecular flexibility index (Phi) is 4.80. The highest BCUT2D eigenvalue weighted by Crippen LogP contribution is 2.38. The van der Waals surface area contributed by atoms with Crippen LogP contribution in [0.3, 0.4) is 0 Å². The van der Waals surface area contributed by atoms with Crippen molar-refractivity contribution in [3.8, 4) is 5.75 Å². The molecular formula is C20H24N4O2S. The van der Waals surface area contributed by atoms with Gasteiger partial charge in [-0.25, -0.2) is 4.98 Å². The Morgan fingerprint density at radius 2 is 1.93 bits per heavy atom. The molecule has 1 aromatic heterocycles. The number of nitrogens with zero attached hydrogens (tertiary/aromatic N) is 3. The van der Waals surface area contributed by atoms with Crippen molar-refractivity contribution in [2.75, 3.05) is 42.3 Å². The fourth-order valence-electron chi connectivity index (χ4n) is 3.70. The van der Waals surface area contributed by atoms with Crippen LogP contribution in [-0.2, 0) is 11.2 Å². The van der Waals surface area contributed by atoms with Crippen molar-refractivity contribution in [2.24, 2.45) is 0 Å². The maximum absolute atomic E-state index is 6.02. The summed E-state index contributed by atoms with van der Waals surface area (Å²) in [7, 11) is 0. The summed E-state index contributed by atoms with van der Waals surface area (Å²) in [5.74, 6) is 3.86. The zero-order chi connectivity index (χ0) is 18.1. The van der Waals surface area contributed by atoms with E-state index in [-0.39, 0.29) is 6.10 Å². The molecule has 27 heavy (non-hydrogen) atoms. The second-order valence-electron chi connectivity index (χ2n) is 7.24. The van der Waals surface area contributed by atoms with Gasteiger partial charge in [-0.1, -0.05) is 18.2 Å². The van der Waals surface area contributed by atoms with Crippen LogP contribution in [0.2, 0.25) is 0 Å². The number of para-hydroxylation sites is 1. The van der Waals surface area contributed by atoms with Crippen LogP contribution >= 0.6 is 11.8 Å². The van der Waals surface area contributed by atoms with Crippen molar-refractivity contribution in [3.05, 3.63) is 36.0 Å². The van der Waals surface area contributed by atoms with E-state index in [1.54, 1.807) is 0 Å². The Bertz CT molecular complexity index is 792. The van der Waals surface area contributed by atoms with Gasteiger partial charge in [0.1, 0.15) is 17.7 Å². The minimum absolute atomic E-state index is 0.200. The van der Waals surface area contributed by atoms with Gasteiger partial charge in [-0.2, -0.15) is 4.98 Å². The molecule has 1 aromatic carbocycles. The molecule has 3 aliphatic heterocycles. The first-order valence-electron chi connectivity index (χ1n) is 9.70. The molecule has 0 unspecified atom stereocenters. The van der Waals surface area contributed by atoms with Crippen molar-refractivity contribution in [1.29, 1.82) is 0 Å². The third kappa shape index (κ3) is 3.71. The number of hydrogen-bond donors (Lipinski definition) is 1. The molecule has 7 heteroatoms. The van der Waals surface area contributed by atoms with E-state index in [1.807, 2.05) is 42.1 Å². The minimum Gasteiger partial charge on any atom is -0.487 e. The molecule has 6 nitrogen and oxygen atoms in total. The number of anilines is 2. The number of aryl methyl sites for hydroxylation is 1. The summed E-state index contributed by atoms with van der Waals surface area (Å²) in [6.07, 6.45) is 3.30. The van der Waals surface area contributed by atoms with Crippen LogP contribution in [0.5, 0.6) is 5.75 Å². The lowest BCUT2D eigenvalue weighted by Gasteiger charge is -2.39. The lowest BCUT2D eigenvalue weighted by Crippen LogP contribution is -2.54. The predicted molar refractivity (Wildman–Crippen MR) is 107 cm³/mol. The summed E-state index contributed by atoms with van der Waals surface area (Å²) >= 11 is 1.87. The SMILES string of the molecule is c1ccc(OC2CN(c3nc4c(c(NC5CCOCC5)n3)SCC4)C2)cc1. The fraction of sp³-hybridized carbons (Fsp3) is 0.500. The average Bonchev–Trinajstić information content (AvgIpc) is 3.15. The quantitative estimate of drug-likeness (QED) is 0.850. The number of fused-ring (bicyclic) bond motifs is 1. The molecular weight excluding hydrogens is 360 g/mol. The lowest BCUT2D eigenvalue weighted by molar-refractivity contribution is 0.0903. The van der Waals surface area contributed by atoms with Crippen molar-refractivity contribution in [3.63, 3.8) is 0 Å². The van der Waals surface area contributed by atoms with Gasteiger partial charge in [-0.3, -0.25) is 0 Å². The third-order valence-electron chi connectivity index (χ3n) is 5.25. The molecule has 4 heterocycles. The summed E-state index contributed by atoms with van der Waals surface area (Å²) in [6.45, 7) is 3.32. The summed E-state index contributed by atoms with van der Waals surface area (Å²) in [5, 5.41) is 3.67. The Labute approximate surface area is 163 Å². The highest BCUT2D eigenvalue weighted by molar-refractivity contribution is 7.99. The van der Waals surface area contributed by atoms with E-state index in [1.165, 1.54) is 10.6 Å². The van der Waals surface area contributed by atoms with Gasteiger partial charge in [0.05, 0.1) is 23.7 Å². The van der Waals surface area contributed by atoms with Crippen molar-refractivity contribution in [1.82, 2.24) is 9.97 Å². The van der Waals surface area contributed by atoms with Crippen LogP contribution in [0, 0.1) is 0 Å². The maximum Gasteiger partial charge on any atom is 0.227 e. The number of thioether (sulfide) groups is 1. The van der Waals surface area contributed by atoms with Gasteiger partial charge < -0.3 is 19.7 Å². The summed E-state index contributed by atoms with van der Waals surface area (Å²) in [5.41, 5.74) is 1.19. The second-order valence-corrected chi connectivity index (χ2v) is 8.34. The normalized spacial score (nSPS) is 20.2. The molecule has 0 bridgehead atoms. The number of hydrogen-bond acceptors (Lipinski definition) is 7. The van der Waals surface area contributed by atoms with Crippen LogP contribution in [0.25, 0.3) is 0 Å². The molecule has 0 aliphatic carbocycles. The van der Waals surface area contributed by atoms with E-state index in [2.05, 4.69) is 10.2 Å². The minimum atomic E-state index is 0.200. The number of ether oxygens (including phenoxy) is 2. The molecule has 0 spiro atoms. The number of benzene rings is 1. The molecule has 2 saturated heterocycles. The molecule has 1 N–H and O–H groups in total. The highest BCUT2D eigenvalue weighted by Gasteiger charge is 2.32. The third-order valence-corrected chi connectivity index (χ3v) is 6.37. The van der Waals surface area contributed by atoms with E-state index >= 15 is 0 Å². The van der Waals surface area contributed by atoms with Gasteiger partial charge in [-0.05, 0) is 25.0 Å². The monoisotopic (exact) mass is 384 g/mol. The average molecular weight is 385 g/mol. The molecule has 0 amide bonds. The first-order valence-corrected chi connectivity index (χ1v) is 10.7. The largest absolute Gasteiger partial charge is 0.487 e. The zero-order valence-electron chi connectivity index (χ0n) is 15.3. The van der Waals surface area contributed by atoms with Crippen molar-refractivity contribution >= 4 is 23.5 Å². The van der Waals surface area contributed by atoms with Crippen molar-refractivity contribution in [2.45, 2.75) is 36.3 Å². The van der Waals surface area contributed by atoms with E-state index in [4.69, 9.17) is 19.4 Å².